The smallest absolute Gasteiger partial charge is 0.284 e. The highest BCUT2D eigenvalue weighted by Crippen LogP contribution is 2.34. The van der Waals surface area contributed by atoms with Crippen molar-refractivity contribution < 1.29 is 9.18 Å². The number of anilines is 1. The van der Waals surface area contributed by atoms with E-state index in [1.165, 1.54) is 19.3 Å². The van der Waals surface area contributed by atoms with Gasteiger partial charge in [0.25, 0.3) is 12.2 Å². The van der Waals surface area contributed by atoms with E-state index in [2.05, 4.69) is 4.99 Å². The lowest BCUT2D eigenvalue weighted by Gasteiger charge is -2.30. The summed E-state index contributed by atoms with van der Waals surface area (Å²) in [6, 6.07) is 14.7. The first-order valence-corrected chi connectivity index (χ1v) is 9.40. The van der Waals surface area contributed by atoms with E-state index in [1.54, 1.807) is 23.1 Å². The number of benzene rings is 2. The van der Waals surface area contributed by atoms with Crippen molar-refractivity contribution >= 4 is 28.9 Å². The molecule has 26 heavy (non-hydrogen) atoms. The number of benzodiazepines with no additional fused rings is 1. The molecule has 1 fully saturated rings. The Morgan fingerprint density at radius 2 is 1.92 bits per heavy atom. The van der Waals surface area contributed by atoms with Gasteiger partial charge in [-0.1, -0.05) is 61.2 Å². The van der Waals surface area contributed by atoms with Gasteiger partial charge in [-0.2, -0.15) is 0 Å². The third-order valence-corrected chi connectivity index (χ3v) is 5.48. The van der Waals surface area contributed by atoms with Gasteiger partial charge in [-0.3, -0.25) is 4.79 Å². The average molecular weight is 371 g/mol. The first-order valence-electron chi connectivity index (χ1n) is 9.02. The van der Waals surface area contributed by atoms with E-state index in [0.717, 1.165) is 12.0 Å². The molecule has 1 aliphatic carbocycles. The molecule has 0 aromatic heterocycles. The number of amides is 1. The van der Waals surface area contributed by atoms with E-state index < -0.39 is 12.2 Å². The third-order valence-electron chi connectivity index (χ3n) is 5.25. The van der Waals surface area contributed by atoms with E-state index in [-0.39, 0.29) is 0 Å². The van der Waals surface area contributed by atoms with Crippen LogP contribution in [0.2, 0.25) is 5.02 Å². The van der Waals surface area contributed by atoms with Gasteiger partial charge < -0.3 is 4.90 Å². The molecule has 0 radical (unpaired) electrons. The minimum atomic E-state index is -1.90. The zero-order valence-corrected chi connectivity index (χ0v) is 15.1. The van der Waals surface area contributed by atoms with Crippen molar-refractivity contribution in [1.29, 1.82) is 0 Å². The van der Waals surface area contributed by atoms with Crippen molar-refractivity contribution in [2.75, 3.05) is 11.4 Å². The molecule has 2 aromatic rings. The van der Waals surface area contributed by atoms with Crippen LogP contribution in [0.1, 0.15) is 36.8 Å². The maximum atomic E-state index is 14.7. The maximum absolute atomic E-state index is 14.7. The van der Waals surface area contributed by atoms with Crippen LogP contribution in [0.4, 0.5) is 10.1 Å². The van der Waals surface area contributed by atoms with Crippen molar-refractivity contribution in [1.82, 2.24) is 0 Å². The summed E-state index contributed by atoms with van der Waals surface area (Å²) >= 11 is 6.21. The second-order valence-corrected chi connectivity index (χ2v) is 7.35. The van der Waals surface area contributed by atoms with Crippen molar-refractivity contribution in [2.45, 2.75) is 32.0 Å². The summed E-state index contributed by atoms with van der Waals surface area (Å²) < 4.78 is 14.7. The Morgan fingerprint density at radius 3 is 2.62 bits per heavy atom. The molecular weight excluding hydrogens is 351 g/mol. The number of carbonyl (C=O) groups excluding carboxylic acids is 1. The largest absolute Gasteiger partial charge is 0.307 e. The number of rotatable bonds is 4. The lowest BCUT2D eigenvalue weighted by molar-refractivity contribution is -0.123. The summed E-state index contributed by atoms with van der Waals surface area (Å²) in [4.78, 5) is 18.4. The van der Waals surface area contributed by atoms with E-state index in [9.17, 15) is 9.18 Å². The van der Waals surface area contributed by atoms with Crippen molar-refractivity contribution in [3.8, 4) is 0 Å². The van der Waals surface area contributed by atoms with Crippen molar-refractivity contribution in [3.05, 3.63) is 64.7 Å². The summed E-state index contributed by atoms with van der Waals surface area (Å²) in [6.45, 7) is 0.510. The molecule has 1 unspecified atom stereocenters. The van der Waals surface area contributed by atoms with Crippen molar-refractivity contribution in [2.24, 2.45) is 10.9 Å². The van der Waals surface area contributed by atoms with E-state index in [1.807, 2.05) is 30.3 Å². The first-order chi connectivity index (χ1) is 12.6. The lowest BCUT2D eigenvalue weighted by Crippen LogP contribution is -2.38. The van der Waals surface area contributed by atoms with Gasteiger partial charge in [0, 0.05) is 22.7 Å². The SMILES string of the molecule is O=C1C(F)N=C(c2ccccc2)c2cc(Cl)ccc2N1CCC1CCC1. The number of fused-ring (bicyclic) bond motifs is 1. The quantitative estimate of drug-likeness (QED) is 0.696. The number of carbonyl (C=O) groups is 1. The summed E-state index contributed by atoms with van der Waals surface area (Å²) in [6.07, 6.45) is 2.62. The average Bonchev–Trinajstić information content (AvgIpc) is 2.71. The van der Waals surface area contributed by atoms with Gasteiger partial charge in [0.05, 0.1) is 11.4 Å². The zero-order valence-electron chi connectivity index (χ0n) is 14.4. The number of halogens is 2. The molecule has 1 amide bonds. The number of alkyl halides is 1. The fourth-order valence-corrected chi connectivity index (χ4v) is 3.74. The standard InChI is InChI=1S/C21H20ClFN2O/c22-16-9-10-18-17(13-16)19(15-7-2-1-3-8-15)24-20(23)21(26)25(18)12-11-14-5-4-6-14/h1-3,7-10,13-14,20H,4-6,11-12H2. The molecule has 1 heterocycles. The minimum absolute atomic E-state index is 0.468. The molecule has 5 heteroatoms. The van der Waals surface area contributed by atoms with Crippen LogP contribution >= 0.6 is 11.6 Å². The fraction of sp³-hybridized carbons (Fsp3) is 0.333. The second-order valence-electron chi connectivity index (χ2n) is 6.92. The Balaban J connectivity index is 1.78. The van der Waals surface area contributed by atoms with Gasteiger partial charge >= 0.3 is 0 Å². The number of hydrogen-bond acceptors (Lipinski definition) is 2. The highest BCUT2D eigenvalue weighted by molar-refractivity contribution is 6.32. The Hall–Kier alpha value is -2.20. The van der Waals surface area contributed by atoms with Gasteiger partial charge in [-0.05, 0) is 30.5 Å². The van der Waals surface area contributed by atoms with Gasteiger partial charge in [0.2, 0.25) is 0 Å². The lowest BCUT2D eigenvalue weighted by atomic mass is 9.83. The topological polar surface area (TPSA) is 32.7 Å². The highest BCUT2D eigenvalue weighted by Gasteiger charge is 2.32. The van der Waals surface area contributed by atoms with Gasteiger partial charge in [0.1, 0.15) is 0 Å². The Kier molecular flexibility index (Phi) is 4.77. The molecule has 2 aliphatic rings. The van der Waals surface area contributed by atoms with Crippen LogP contribution in [0, 0.1) is 5.92 Å². The monoisotopic (exact) mass is 370 g/mol. The Labute approximate surface area is 157 Å². The van der Waals surface area contributed by atoms with Crippen LogP contribution < -0.4 is 4.90 Å². The predicted octanol–water partition coefficient (Wildman–Crippen LogP) is 5.01. The predicted molar refractivity (Wildman–Crippen MR) is 103 cm³/mol. The van der Waals surface area contributed by atoms with Crippen LogP contribution in [0.5, 0.6) is 0 Å². The molecule has 0 bridgehead atoms. The molecule has 2 aromatic carbocycles. The molecular formula is C21H20ClFN2O. The first kappa shape index (κ1) is 17.2. The fourth-order valence-electron chi connectivity index (χ4n) is 3.57. The zero-order chi connectivity index (χ0) is 18.1. The second kappa shape index (κ2) is 7.20. The molecule has 0 saturated heterocycles. The maximum Gasteiger partial charge on any atom is 0.284 e. The summed E-state index contributed by atoms with van der Waals surface area (Å²) in [5.41, 5.74) is 2.62. The van der Waals surface area contributed by atoms with Crippen LogP contribution in [0.15, 0.2) is 53.5 Å². The molecule has 1 saturated carbocycles. The normalized spacial score (nSPS) is 20.2. The highest BCUT2D eigenvalue weighted by atomic mass is 35.5. The molecule has 0 spiro atoms. The van der Waals surface area contributed by atoms with Gasteiger partial charge in [-0.15, -0.1) is 0 Å². The van der Waals surface area contributed by atoms with Crippen molar-refractivity contribution in [3.63, 3.8) is 0 Å². The minimum Gasteiger partial charge on any atom is -0.307 e. The summed E-state index contributed by atoms with van der Waals surface area (Å²) in [5.74, 6) is 0.0354. The Morgan fingerprint density at radius 1 is 1.15 bits per heavy atom. The number of hydrogen-bond donors (Lipinski definition) is 0. The third kappa shape index (κ3) is 3.26. The molecule has 1 aliphatic heterocycles. The van der Waals surface area contributed by atoms with E-state index in [4.69, 9.17) is 11.6 Å². The molecule has 0 N–H and O–H groups in total. The van der Waals surface area contributed by atoms with E-state index >= 15 is 0 Å². The summed E-state index contributed by atoms with van der Waals surface area (Å²) in [7, 11) is 0. The number of aliphatic imine (C=N–C) groups is 1. The van der Waals surface area contributed by atoms with Gasteiger partial charge in [-0.25, -0.2) is 9.38 Å². The van der Waals surface area contributed by atoms with Crippen LogP contribution in [-0.2, 0) is 4.79 Å². The van der Waals surface area contributed by atoms with Crippen LogP contribution in [-0.4, -0.2) is 24.5 Å². The summed E-state index contributed by atoms with van der Waals surface area (Å²) in [5, 5.41) is 0.538. The molecule has 1 atom stereocenters. The van der Waals surface area contributed by atoms with Crippen LogP contribution in [0.25, 0.3) is 0 Å². The Bertz CT molecular complexity index is 848. The molecule has 3 nitrogen and oxygen atoms in total. The van der Waals surface area contributed by atoms with Crippen LogP contribution in [0.3, 0.4) is 0 Å². The number of nitrogens with zero attached hydrogens (tertiary/aromatic N) is 2. The van der Waals surface area contributed by atoms with E-state index in [0.29, 0.717) is 34.4 Å². The molecule has 4 rings (SSSR count). The molecule has 134 valence electrons. The van der Waals surface area contributed by atoms with Gasteiger partial charge in [0.15, 0.2) is 0 Å².